The molecule has 0 aliphatic heterocycles. The largest absolute Gasteiger partial charge is 0.382 e. The van der Waals surface area contributed by atoms with Gasteiger partial charge in [-0.05, 0) is 26.2 Å². The molecule has 0 radical (unpaired) electrons. The minimum absolute atomic E-state index is 0.134. The molecule has 0 saturated carbocycles. The Morgan fingerprint density at radius 3 is 2.42 bits per heavy atom. The number of hydrogen-bond donors (Lipinski definition) is 1. The van der Waals surface area contributed by atoms with Crippen LogP contribution in [0.3, 0.4) is 0 Å². The van der Waals surface area contributed by atoms with Gasteiger partial charge in [0.05, 0.1) is 0 Å². The highest BCUT2D eigenvalue weighted by Gasteiger charge is 2.27. The van der Waals surface area contributed by atoms with Crippen molar-refractivity contribution in [2.75, 3.05) is 0 Å². The van der Waals surface area contributed by atoms with Crippen molar-refractivity contribution in [3.63, 3.8) is 0 Å². The zero-order chi connectivity index (χ0) is 9.78. The first-order valence-electron chi connectivity index (χ1n) is 4.63. The highest BCUT2D eigenvalue weighted by Crippen LogP contribution is 2.20. The van der Waals surface area contributed by atoms with Crippen molar-refractivity contribution in [1.29, 1.82) is 0 Å². The molecule has 0 aliphatic carbocycles. The van der Waals surface area contributed by atoms with Crippen molar-refractivity contribution < 1.29 is 9.90 Å². The van der Waals surface area contributed by atoms with Gasteiger partial charge in [-0.2, -0.15) is 0 Å². The fraction of sp³-hybridized carbons (Fsp3) is 0.900. The summed E-state index contributed by atoms with van der Waals surface area (Å²) in [7, 11) is 0. The van der Waals surface area contributed by atoms with Crippen LogP contribution in [-0.2, 0) is 4.79 Å². The Morgan fingerprint density at radius 2 is 2.08 bits per heavy atom. The number of carbonyl (C=O) groups is 1. The molecular weight excluding hydrogens is 152 g/mol. The van der Waals surface area contributed by atoms with E-state index in [4.69, 9.17) is 0 Å². The van der Waals surface area contributed by atoms with Gasteiger partial charge in [0.25, 0.3) is 0 Å². The molecule has 2 atom stereocenters. The van der Waals surface area contributed by atoms with Gasteiger partial charge in [-0.3, -0.25) is 4.79 Å². The zero-order valence-electron chi connectivity index (χ0n) is 8.55. The van der Waals surface area contributed by atoms with Crippen LogP contribution in [0.15, 0.2) is 0 Å². The second-order valence-electron chi connectivity index (χ2n) is 3.93. The van der Waals surface area contributed by atoms with Crippen molar-refractivity contribution in [3.05, 3.63) is 0 Å². The van der Waals surface area contributed by atoms with Crippen molar-refractivity contribution in [3.8, 4) is 0 Å². The molecule has 0 aromatic rings. The molecule has 1 N–H and O–H groups in total. The minimum Gasteiger partial charge on any atom is -0.382 e. The van der Waals surface area contributed by atoms with Gasteiger partial charge in [-0.1, -0.05) is 26.7 Å². The van der Waals surface area contributed by atoms with Crippen LogP contribution >= 0.6 is 0 Å². The van der Waals surface area contributed by atoms with Gasteiger partial charge in [-0.25, -0.2) is 0 Å². The first kappa shape index (κ1) is 11.6. The van der Waals surface area contributed by atoms with E-state index < -0.39 is 5.60 Å². The molecule has 2 unspecified atom stereocenters. The van der Waals surface area contributed by atoms with Crippen LogP contribution in [0.1, 0.15) is 47.0 Å². The average molecular weight is 172 g/mol. The Labute approximate surface area is 75.0 Å². The Bertz CT molecular complexity index is 150. The van der Waals surface area contributed by atoms with Crippen LogP contribution in [0.4, 0.5) is 0 Å². The molecule has 0 heterocycles. The fourth-order valence-electron chi connectivity index (χ4n) is 1.42. The second kappa shape index (κ2) is 4.61. The predicted molar refractivity (Wildman–Crippen MR) is 50.0 cm³/mol. The van der Waals surface area contributed by atoms with Crippen LogP contribution in [0.5, 0.6) is 0 Å². The lowest BCUT2D eigenvalue weighted by atomic mass is 9.88. The van der Waals surface area contributed by atoms with E-state index in [1.165, 1.54) is 6.92 Å². The number of carbonyl (C=O) groups excluding carboxylic acids is 1. The Morgan fingerprint density at radius 1 is 1.58 bits per heavy atom. The summed E-state index contributed by atoms with van der Waals surface area (Å²) in [6, 6.07) is 0. The Hall–Kier alpha value is -0.370. The van der Waals surface area contributed by atoms with E-state index in [0.29, 0.717) is 12.3 Å². The van der Waals surface area contributed by atoms with Gasteiger partial charge < -0.3 is 5.11 Å². The minimum atomic E-state index is -1.12. The van der Waals surface area contributed by atoms with Gasteiger partial charge in [0.15, 0.2) is 5.78 Å². The number of rotatable bonds is 5. The van der Waals surface area contributed by atoms with Crippen LogP contribution in [-0.4, -0.2) is 16.5 Å². The van der Waals surface area contributed by atoms with Crippen molar-refractivity contribution in [2.24, 2.45) is 5.92 Å². The van der Waals surface area contributed by atoms with Crippen molar-refractivity contribution in [1.82, 2.24) is 0 Å². The topological polar surface area (TPSA) is 37.3 Å². The Kier molecular flexibility index (Phi) is 4.46. The molecule has 0 aliphatic rings. The molecule has 0 aromatic carbocycles. The molecule has 72 valence electrons. The second-order valence-corrected chi connectivity index (χ2v) is 3.93. The zero-order valence-corrected chi connectivity index (χ0v) is 8.55. The fourth-order valence-corrected chi connectivity index (χ4v) is 1.42. The normalized spacial score (nSPS) is 18.4. The molecule has 0 rings (SSSR count). The molecule has 0 fully saturated rings. The molecule has 0 aromatic heterocycles. The first-order chi connectivity index (χ1) is 5.40. The lowest BCUT2D eigenvalue weighted by Gasteiger charge is -2.23. The van der Waals surface area contributed by atoms with E-state index in [0.717, 1.165) is 12.8 Å². The summed E-state index contributed by atoms with van der Waals surface area (Å²) in [5, 5.41) is 9.64. The van der Waals surface area contributed by atoms with Gasteiger partial charge in [-0.15, -0.1) is 0 Å². The van der Waals surface area contributed by atoms with Crippen molar-refractivity contribution >= 4 is 5.78 Å². The van der Waals surface area contributed by atoms with E-state index in [1.807, 2.05) is 0 Å². The summed E-state index contributed by atoms with van der Waals surface area (Å²) in [5.74, 6) is 0.291. The first-order valence-corrected chi connectivity index (χ1v) is 4.63. The molecule has 0 spiro atoms. The molecule has 12 heavy (non-hydrogen) atoms. The highest BCUT2D eigenvalue weighted by molar-refractivity contribution is 5.84. The standard InChI is InChI=1S/C10H20O2/c1-5-6-8(2)7-10(4,12)9(3)11/h8,12H,5-7H2,1-4H3. The number of Topliss-reactive ketones (excluding diaryl/α,β-unsaturated/α-hetero) is 1. The van der Waals surface area contributed by atoms with Crippen LogP contribution in [0.2, 0.25) is 0 Å². The van der Waals surface area contributed by atoms with Gasteiger partial charge in [0.1, 0.15) is 5.60 Å². The quantitative estimate of drug-likeness (QED) is 0.690. The number of hydrogen-bond acceptors (Lipinski definition) is 2. The molecule has 0 bridgehead atoms. The third-order valence-corrected chi connectivity index (χ3v) is 2.29. The van der Waals surface area contributed by atoms with Crippen LogP contribution in [0, 0.1) is 5.92 Å². The van der Waals surface area contributed by atoms with Crippen LogP contribution < -0.4 is 0 Å². The molecular formula is C10H20O2. The molecule has 2 heteroatoms. The van der Waals surface area contributed by atoms with E-state index in [-0.39, 0.29) is 5.78 Å². The summed E-state index contributed by atoms with van der Waals surface area (Å²) in [6.07, 6.45) is 2.76. The van der Waals surface area contributed by atoms with E-state index in [2.05, 4.69) is 13.8 Å². The summed E-state index contributed by atoms with van der Waals surface area (Å²) >= 11 is 0. The average Bonchev–Trinajstić information content (AvgIpc) is 1.85. The summed E-state index contributed by atoms with van der Waals surface area (Å²) < 4.78 is 0. The monoisotopic (exact) mass is 172 g/mol. The molecule has 0 saturated heterocycles. The SMILES string of the molecule is CCCC(C)CC(C)(O)C(C)=O. The third-order valence-electron chi connectivity index (χ3n) is 2.29. The summed E-state index contributed by atoms with van der Waals surface area (Å²) in [6.45, 7) is 7.22. The molecule has 0 amide bonds. The van der Waals surface area contributed by atoms with Crippen LogP contribution in [0.25, 0.3) is 0 Å². The maximum absolute atomic E-state index is 11.0. The van der Waals surface area contributed by atoms with E-state index in [9.17, 15) is 9.90 Å². The smallest absolute Gasteiger partial charge is 0.160 e. The molecule has 2 nitrogen and oxygen atoms in total. The van der Waals surface area contributed by atoms with Crippen molar-refractivity contribution in [2.45, 2.75) is 52.6 Å². The van der Waals surface area contributed by atoms with E-state index >= 15 is 0 Å². The maximum atomic E-state index is 11.0. The summed E-state index contributed by atoms with van der Waals surface area (Å²) in [5.41, 5.74) is -1.12. The third kappa shape index (κ3) is 3.86. The van der Waals surface area contributed by atoms with Gasteiger partial charge in [0, 0.05) is 0 Å². The predicted octanol–water partition coefficient (Wildman–Crippen LogP) is 2.15. The van der Waals surface area contributed by atoms with Gasteiger partial charge >= 0.3 is 0 Å². The number of ketones is 1. The summed E-state index contributed by atoms with van der Waals surface area (Å²) in [4.78, 5) is 11.0. The number of aliphatic hydroxyl groups is 1. The maximum Gasteiger partial charge on any atom is 0.160 e. The highest BCUT2D eigenvalue weighted by atomic mass is 16.3. The Balaban J connectivity index is 3.96. The lowest BCUT2D eigenvalue weighted by molar-refractivity contribution is -0.134. The van der Waals surface area contributed by atoms with E-state index in [1.54, 1.807) is 6.92 Å². The van der Waals surface area contributed by atoms with Gasteiger partial charge in [0.2, 0.25) is 0 Å². The lowest BCUT2D eigenvalue weighted by Crippen LogP contribution is -2.34.